The van der Waals surface area contributed by atoms with E-state index in [4.69, 9.17) is 22.3 Å². The van der Waals surface area contributed by atoms with E-state index in [9.17, 15) is 0 Å². The van der Waals surface area contributed by atoms with Gasteiger partial charge < -0.3 is 33.1 Å². The predicted molar refractivity (Wildman–Crippen MR) is 97.7 cm³/mol. The van der Waals surface area contributed by atoms with Gasteiger partial charge in [0, 0.05) is 16.9 Å². The smallest absolute Gasteiger partial charge is 0.152 e. The van der Waals surface area contributed by atoms with Gasteiger partial charge in [-0.3, -0.25) is 0 Å². The van der Waals surface area contributed by atoms with Crippen LogP contribution in [-0.2, 0) is 5.66 Å². The highest BCUT2D eigenvalue weighted by Gasteiger charge is 2.14. The number of hydrazone groups is 1. The number of rotatable bonds is 7. The number of aliphatic hydroxyl groups excluding tert-OH is 1. The number of nitrogens with zero attached hydrogens (tertiary/aromatic N) is 1. The van der Waals surface area contributed by atoms with Gasteiger partial charge in [-0.25, -0.2) is 0 Å². The number of nitrogens with one attached hydrogen (secondary N) is 2. The third-order valence-corrected chi connectivity index (χ3v) is 3.41. The van der Waals surface area contributed by atoms with Gasteiger partial charge in [0.05, 0.1) is 18.8 Å². The van der Waals surface area contributed by atoms with Crippen LogP contribution in [0.3, 0.4) is 0 Å². The molecular weight excluding hydrogens is 304 g/mol. The van der Waals surface area contributed by atoms with Crippen LogP contribution in [0.1, 0.15) is 18.1 Å². The van der Waals surface area contributed by atoms with Crippen molar-refractivity contribution in [3.8, 4) is 0 Å². The molecule has 0 aromatic heterocycles. The SMILES string of the molecule is CC(N)(N)c1ccc(Nc2ccccc2/C(N)=N/NCCO)cc1. The lowest BCUT2D eigenvalue weighted by atomic mass is 10.0. The molecule has 0 bridgehead atoms. The molecule has 0 aliphatic rings. The van der Waals surface area contributed by atoms with Crippen LogP contribution in [0, 0.1) is 0 Å². The molecule has 24 heavy (non-hydrogen) atoms. The van der Waals surface area contributed by atoms with Crippen LogP contribution < -0.4 is 27.9 Å². The summed E-state index contributed by atoms with van der Waals surface area (Å²) in [6.45, 7) is 2.08. The summed E-state index contributed by atoms with van der Waals surface area (Å²) in [7, 11) is 0. The molecule has 0 saturated heterocycles. The van der Waals surface area contributed by atoms with Gasteiger partial charge >= 0.3 is 0 Å². The first-order chi connectivity index (χ1) is 11.4. The molecular formula is C17H24N6O. The number of para-hydroxylation sites is 1. The van der Waals surface area contributed by atoms with E-state index in [2.05, 4.69) is 15.8 Å². The topological polar surface area (TPSA) is 135 Å². The van der Waals surface area contributed by atoms with Gasteiger partial charge in [0.2, 0.25) is 0 Å². The summed E-state index contributed by atoms with van der Waals surface area (Å²) >= 11 is 0. The molecule has 0 spiro atoms. The molecule has 0 aliphatic carbocycles. The van der Waals surface area contributed by atoms with Crippen LogP contribution in [-0.4, -0.2) is 24.1 Å². The summed E-state index contributed by atoms with van der Waals surface area (Å²) in [6.07, 6.45) is 0. The summed E-state index contributed by atoms with van der Waals surface area (Å²) in [5.74, 6) is 0.333. The van der Waals surface area contributed by atoms with E-state index in [0.717, 1.165) is 22.5 Å². The van der Waals surface area contributed by atoms with Gasteiger partial charge in [-0.05, 0) is 36.8 Å². The maximum Gasteiger partial charge on any atom is 0.152 e. The zero-order valence-electron chi connectivity index (χ0n) is 13.7. The van der Waals surface area contributed by atoms with Gasteiger partial charge in [-0.15, -0.1) is 0 Å². The monoisotopic (exact) mass is 328 g/mol. The first-order valence-corrected chi connectivity index (χ1v) is 7.63. The molecule has 128 valence electrons. The number of benzene rings is 2. The Kier molecular flexibility index (Phi) is 5.75. The van der Waals surface area contributed by atoms with Crippen LogP contribution in [0.25, 0.3) is 0 Å². The van der Waals surface area contributed by atoms with Crippen molar-refractivity contribution in [3.05, 3.63) is 59.7 Å². The highest BCUT2D eigenvalue weighted by Crippen LogP contribution is 2.22. The first-order valence-electron chi connectivity index (χ1n) is 7.63. The summed E-state index contributed by atoms with van der Waals surface area (Å²) in [5.41, 5.74) is 22.9. The second-order valence-electron chi connectivity index (χ2n) is 5.66. The third-order valence-electron chi connectivity index (χ3n) is 3.41. The fourth-order valence-electron chi connectivity index (χ4n) is 2.13. The van der Waals surface area contributed by atoms with E-state index >= 15 is 0 Å². The Hall–Kier alpha value is -2.61. The van der Waals surface area contributed by atoms with Gasteiger partial charge in [-0.2, -0.15) is 5.10 Å². The lowest BCUT2D eigenvalue weighted by molar-refractivity contribution is 0.293. The minimum absolute atomic E-state index is 0.00969. The number of nitrogens with two attached hydrogens (primary N) is 3. The zero-order chi connectivity index (χ0) is 17.6. The minimum atomic E-state index is -0.869. The van der Waals surface area contributed by atoms with E-state index in [1.807, 2.05) is 48.5 Å². The van der Waals surface area contributed by atoms with Crippen molar-refractivity contribution in [2.24, 2.45) is 22.3 Å². The summed E-state index contributed by atoms with van der Waals surface area (Å²) in [6, 6.07) is 15.1. The Labute approximate surface area is 141 Å². The van der Waals surface area contributed by atoms with Crippen molar-refractivity contribution in [2.75, 3.05) is 18.5 Å². The summed E-state index contributed by atoms with van der Waals surface area (Å²) in [4.78, 5) is 0. The average Bonchev–Trinajstić information content (AvgIpc) is 2.55. The molecule has 0 aliphatic heterocycles. The standard InChI is InChI=1S/C17H24N6O/c1-17(19,20)12-6-8-13(9-7-12)22-15-5-3-2-4-14(15)16(18)23-21-10-11-24/h2-9,21-22,24H,10-11,19-20H2,1H3,(H2,18,23). The van der Waals surface area contributed by atoms with Gasteiger partial charge in [0.15, 0.2) is 5.84 Å². The largest absolute Gasteiger partial charge is 0.394 e. The second kappa shape index (κ2) is 7.78. The Bertz CT molecular complexity index is 691. The lowest BCUT2D eigenvalue weighted by Crippen LogP contribution is -2.42. The van der Waals surface area contributed by atoms with Crippen molar-refractivity contribution in [1.29, 1.82) is 0 Å². The van der Waals surface area contributed by atoms with Crippen LogP contribution in [0.4, 0.5) is 11.4 Å². The quantitative estimate of drug-likeness (QED) is 0.146. The Morgan fingerprint density at radius 1 is 1.12 bits per heavy atom. The molecule has 0 saturated carbocycles. The van der Waals surface area contributed by atoms with E-state index in [1.165, 1.54) is 0 Å². The fraction of sp³-hybridized carbons (Fsp3) is 0.235. The van der Waals surface area contributed by atoms with Gasteiger partial charge in [0.1, 0.15) is 0 Å². The van der Waals surface area contributed by atoms with Gasteiger partial charge in [0.25, 0.3) is 0 Å². The number of aliphatic hydroxyl groups is 1. The third kappa shape index (κ3) is 4.69. The fourth-order valence-corrected chi connectivity index (χ4v) is 2.13. The zero-order valence-corrected chi connectivity index (χ0v) is 13.7. The molecule has 0 fully saturated rings. The minimum Gasteiger partial charge on any atom is -0.394 e. The molecule has 0 unspecified atom stereocenters. The first kappa shape index (κ1) is 17.7. The van der Waals surface area contributed by atoms with Crippen molar-refractivity contribution in [1.82, 2.24) is 5.43 Å². The van der Waals surface area contributed by atoms with E-state index < -0.39 is 5.66 Å². The molecule has 0 heterocycles. The molecule has 0 atom stereocenters. The molecule has 0 radical (unpaired) electrons. The number of hydrogen-bond donors (Lipinski definition) is 6. The average molecular weight is 328 g/mol. The van der Waals surface area contributed by atoms with Crippen molar-refractivity contribution >= 4 is 17.2 Å². The Morgan fingerprint density at radius 3 is 2.42 bits per heavy atom. The van der Waals surface area contributed by atoms with Gasteiger partial charge in [-0.1, -0.05) is 24.3 Å². The predicted octanol–water partition coefficient (Wildman–Crippen LogP) is 0.723. The van der Waals surface area contributed by atoms with E-state index in [1.54, 1.807) is 6.92 Å². The maximum absolute atomic E-state index is 8.78. The molecule has 2 aromatic carbocycles. The molecule has 9 N–H and O–H groups in total. The van der Waals surface area contributed by atoms with Crippen LogP contribution in [0.15, 0.2) is 53.6 Å². The molecule has 7 nitrogen and oxygen atoms in total. The highest BCUT2D eigenvalue weighted by molar-refractivity contribution is 6.02. The number of anilines is 2. The number of amidine groups is 1. The summed E-state index contributed by atoms with van der Waals surface area (Å²) in [5, 5.41) is 16.1. The van der Waals surface area contributed by atoms with Crippen LogP contribution in [0.5, 0.6) is 0 Å². The molecule has 2 aromatic rings. The van der Waals surface area contributed by atoms with E-state index in [-0.39, 0.29) is 6.61 Å². The lowest BCUT2D eigenvalue weighted by Gasteiger charge is -2.19. The maximum atomic E-state index is 8.78. The highest BCUT2D eigenvalue weighted by atomic mass is 16.3. The molecule has 7 heteroatoms. The van der Waals surface area contributed by atoms with E-state index in [0.29, 0.717) is 12.4 Å². The Balaban J connectivity index is 2.20. The normalized spacial score (nSPS) is 12.1. The van der Waals surface area contributed by atoms with Crippen molar-refractivity contribution in [2.45, 2.75) is 12.6 Å². The van der Waals surface area contributed by atoms with Crippen molar-refractivity contribution in [3.63, 3.8) is 0 Å². The molecule has 2 rings (SSSR count). The van der Waals surface area contributed by atoms with Crippen LogP contribution >= 0.6 is 0 Å². The van der Waals surface area contributed by atoms with Crippen molar-refractivity contribution < 1.29 is 5.11 Å². The molecule has 0 amide bonds. The summed E-state index contributed by atoms with van der Waals surface area (Å²) < 4.78 is 0. The van der Waals surface area contributed by atoms with Crippen LogP contribution in [0.2, 0.25) is 0 Å². The Morgan fingerprint density at radius 2 is 1.79 bits per heavy atom. The second-order valence-corrected chi connectivity index (χ2v) is 5.66. The number of hydrogen-bond acceptors (Lipinski definition) is 6.